The summed E-state index contributed by atoms with van der Waals surface area (Å²) in [5, 5.41) is 4.78. The van der Waals surface area contributed by atoms with Crippen molar-refractivity contribution in [1.29, 1.82) is 0 Å². The van der Waals surface area contributed by atoms with Gasteiger partial charge in [-0.25, -0.2) is 9.97 Å². The van der Waals surface area contributed by atoms with Crippen LogP contribution in [0.15, 0.2) is 67.1 Å². The molecule has 1 aliphatic heterocycles. The molecule has 7 nitrogen and oxygen atoms in total. The molecule has 2 fully saturated rings. The summed E-state index contributed by atoms with van der Waals surface area (Å²) in [4.78, 5) is 9.31. The van der Waals surface area contributed by atoms with Crippen LogP contribution in [0.3, 0.4) is 0 Å². The topological polar surface area (TPSA) is 70.4 Å². The van der Waals surface area contributed by atoms with Gasteiger partial charge in [0, 0.05) is 23.7 Å². The second-order valence-corrected chi connectivity index (χ2v) is 10.1. The molecule has 7 rings (SSSR count). The largest absolute Gasteiger partial charge is 0.497 e. The zero-order valence-electron chi connectivity index (χ0n) is 20.3. The summed E-state index contributed by atoms with van der Waals surface area (Å²) >= 11 is 0. The van der Waals surface area contributed by atoms with E-state index in [1.54, 1.807) is 13.4 Å². The van der Waals surface area contributed by atoms with Crippen molar-refractivity contribution in [3.63, 3.8) is 0 Å². The maximum absolute atomic E-state index is 6.43. The predicted octanol–water partition coefficient (Wildman–Crippen LogP) is 5.60. The number of hydrogen-bond donors (Lipinski definition) is 1. The number of anilines is 1. The van der Waals surface area contributed by atoms with Gasteiger partial charge in [0.15, 0.2) is 6.29 Å². The van der Waals surface area contributed by atoms with E-state index in [4.69, 9.17) is 14.2 Å². The minimum absolute atomic E-state index is 0.169. The zero-order chi connectivity index (χ0) is 24.1. The number of benzene rings is 2. The van der Waals surface area contributed by atoms with Crippen molar-refractivity contribution in [2.24, 2.45) is 5.92 Å². The Balaban J connectivity index is 1.09. The van der Waals surface area contributed by atoms with Gasteiger partial charge >= 0.3 is 0 Å². The van der Waals surface area contributed by atoms with E-state index in [1.165, 1.54) is 11.1 Å². The van der Waals surface area contributed by atoms with E-state index in [2.05, 4.69) is 56.4 Å². The molecule has 36 heavy (non-hydrogen) atoms. The van der Waals surface area contributed by atoms with Crippen molar-refractivity contribution in [1.82, 2.24) is 14.5 Å². The molecule has 0 radical (unpaired) electrons. The van der Waals surface area contributed by atoms with Crippen molar-refractivity contribution in [2.75, 3.05) is 19.0 Å². The van der Waals surface area contributed by atoms with E-state index in [-0.39, 0.29) is 18.4 Å². The average Bonchev–Trinajstić information content (AvgIpc) is 3.65. The normalized spacial score (nSPS) is 27.1. The van der Waals surface area contributed by atoms with E-state index in [0.29, 0.717) is 18.6 Å². The van der Waals surface area contributed by atoms with E-state index < -0.39 is 0 Å². The SMILES string of the molecule is COc1ccc([C@H]2OC[C@@H]3C[C@@H](n4ccc5c(N[C@@H]6CCc7ccccc76)ncnc54)C[C@@H]3O2)cc1. The lowest BCUT2D eigenvalue weighted by Gasteiger charge is -2.32. The Morgan fingerprint density at radius 3 is 2.81 bits per heavy atom. The molecule has 2 aliphatic carbocycles. The molecule has 1 saturated heterocycles. The van der Waals surface area contributed by atoms with Crippen LogP contribution in [0, 0.1) is 5.92 Å². The van der Waals surface area contributed by atoms with Gasteiger partial charge in [0.1, 0.15) is 23.5 Å². The Bertz CT molecular complexity index is 1390. The van der Waals surface area contributed by atoms with Gasteiger partial charge in [0.25, 0.3) is 0 Å². The summed E-state index contributed by atoms with van der Waals surface area (Å²) in [6.07, 6.45) is 7.85. The first-order valence-electron chi connectivity index (χ1n) is 12.8. The van der Waals surface area contributed by atoms with E-state index in [1.807, 2.05) is 24.3 Å². The number of aryl methyl sites for hydroxylation is 1. The highest BCUT2D eigenvalue weighted by molar-refractivity contribution is 5.87. The standard InChI is InChI=1S/C29H30N4O3/c1-34-22-9-6-19(7-10-22)29-35-16-20-14-21(15-26(20)36-29)33-13-12-24-27(30-17-31-28(24)33)32-25-11-8-18-4-2-3-5-23(18)25/h2-7,9-10,12-13,17,20-21,25-26,29H,8,11,14-16H2,1H3,(H,30,31,32)/t20-,21+,25+,26-,29-/m0/s1. The molecule has 2 aromatic heterocycles. The molecule has 5 atom stereocenters. The van der Waals surface area contributed by atoms with E-state index in [9.17, 15) is 0 Å². The number of nitrogens with one attached hydrogen (secondary N) is 1. The Kier molecular flexibility index (Phi) is 5.40. The van der Waals surface area contributed by atoms with Gasteiger partial charge < -0.3 is 24.1 Å². The number of fused-ring (bicyclic) bond motifs is 3. The summed E-state index contributed by atoms with van der Waals surface area (Å²) in [6, 6.07) is 19.4. The van der Waals surface area contributed by atoms with Crippen molar-refractivity contribution in [3.05, 3.63) is 83.8 Å². The summed E-state index contributed by atoms with van der Waals surface area (Å²) in [6.45, 7) is 0.708. The predicted molar refractivity (Wildman–Crippen MR) is 137 cm³/mol. The Labute approximate surface area is 210 Å². The van der Waals surface area contributed by atoms with Crippen LogP contribution in [0.2, 0.25) is 0 Å². The van der Waals surface area contributed by atoms with Crippen molar-refractivity contribution < 1.29 is 14.2 Å². The molecule has 1 N–H and O–H groups in total. The molecule has 1 saturated carbocycles. The van der Waals surface area contributed by atoms with Gasteiger partial charge in [0.05, 0.1) is 31.2 Å². The van der Waals surface area contributed by atoms with Gasteiger partial charge in [-0.05, 0) is 55.0 Å². The number of nitrogens with zero attached hydrogens (tertiary/aromatic N) is 3. The smallest absolute Gasteiger partial charge is 0.184 e. The lowest BCUT2D eigenvalue weighted by atomic mass is 10.1. The molecule has 3 heterocycles. The molecule has 7 heteroatoms. The molecule has 0 amide bonds. The average molecular weight is 483 g/mol. The van der Waals surface area contributed by atoms with Crippen LogP contribution >= 0.6 is 0 Å². The second-order valence-electron chi connectivity index (χ2n) is 10.1. The highest BCUT2D eigenvalue weighted by Gasteiger charge is 2.41. The molecular formula is C29H30N4O3. The highest BCUT2D eigenvalue weighted by Crippen LogP contribution is 2.44. The molecule has 4 aromatic rings. The van der Waals surface area contributed by atoms with Crippen LogP contribution < -0.4 is 10.1 Å². The summed E-state index contributed by atoms with van der Waals surface area (Å²) in [5.41, 5.74) is 4.82. The highest BCUT2D eigenvalue weighted by atomic mass is 16.7. The first kappa shape index (κ1) is 21.8. The fourth-order valence-electron chi connectivity index (χ4n) is 6.22. The van der Waals surface area contributed by atoms with Gasteiger partial charge in [-0.2, -0.15) is 0 Å². The minimum Gasteiger partial charge on any atom is -0.497 e. The summed E-state index contributed by atoms with van der Waals surface area (Å²) in [5.74, 6) is 2.13. The number of ether oxygens (including phenoxy) is 3. The van der Waals surface area contributed by atoms with Crippen LogP contribution in [-0.4, -0.2) is 34.4 Å². The number of hydrogen-bond acceptors (Lipinski definition) is 6. The maximum Gasteiger partial charge on any atom is 0.184 e. The minimum atomic E-state index is -0.329. The Morgan fingerprint density at radius 1 is 1.03 bits per heavy atom. The lowest BCUT2D eigenvalue weighted by Crippen LogP contribution is -2.32. The van der Waals surface area contributed by atoms with Crippen LogP contribution in [-0.2, 0) is 15.9 Å². The van der Waals surface area contributed by atoms with Gasteiger partial charge in [0.2, 0.25) is 0 Å². The molecule has 0 unspecified atom stereocenters. The van der Waals surface area contributed by atoms with Crippen LogP contribution in [0.1, 0.15) is 54.3 Å². The molecule has 0 spiro atoms. The van der Waals surface area contributed by atoms with Crippen molar-refractivity contribution in [2.45, 2.75) is 50.2 Å². The quantitative estimate of drug-likeness (QED) is 0.399. The number of aromatic nitrogens is 3. The van der Waals surface area contributed by atoms with Crippen molar-refractivity contribution in [3.8, 4) is 5.75 Å². The van der Waals surface area contributed by atoms with Crippen LogP contribution in [0.5, 0.6) is 5.75 Å². The molecule has 0 bridgehead atoms. The van der Waals surface area contributed by atoms with Gasteiger partial charge in [-0.15, -0.1) is 0 Å². The first-order valence-corrected chi connectivity index (χ1v) is 12.8. The Morgan fingerprint density at radius 2 is 1.92 bits per heavy atom. The monoisotopic (exact) mass is 482 g/mol. The van der Waals surface area contributed by atoms with E-state index >= 15 is 0 Å². The number of methoxy groups -OCH3 is 1. The third-order valence-corrected chi connectivity index (χ3v) is 8.10. The van der Waals surface area contributed by atoms with Gasteiger partial charge in [-0.3, -0.25) is 0 Å². The first-order chi connectivity index (χ1) is 17.8. The molecular weight excluding hydrogens is 452 g/mol. The molecule has 184 valence electrons. The third-order valence-electron chi connectivity index (χ3n) is 8.10. The van der Waals surface area contributed by atoms with E-state index in [0.717, 1.165) is 53.8 Å². The summed E-state index contributed by atoms with van der Waals surface area (Å²) < 4.78 is 20.1. The van der Waals surface area contributed by atoms with Crippen LogP contribution in [0.4, 0.5) is 5.82 Å². The van der Waals surface area contributed by atoms with Crippen LogP contribution in [0.25, 0.3) is 11.0 Å². The van der Waals surface area contributed by atoms with Gasteiger partial charge in [-0.1, -0.05) is 36.4 Å². The maximum atomic E-state index is 6.43. The zero-order valence-corrected chi connectivity index (χ0v) is 20.3. The second kappa shape index (κ2) is 8.91. The number of rotatable bonds is 5. The Hall–Kier alpha value is -3.42. The van der Waals surface area contributed by atoms with Crippen molar-refractivity contribution >= 4 is 16.9 Å². The summed E-state index contributed by atoms with van der Waals surface area (Å²) in [7, 11) is 1.68. The lowest BCUT2D eigenvalue weighted by molar-refractivity contribution is -0.233. The molecule has 2 aromatic carbocycles. The fraction of sp³-hybridized carbons (Fsp3) is 0.379. The fourth-order valence-corrected chi connectivity index (χ4v) is 6.22. The third kappa shape index (κ3) is 3.74. The molecule has 3 aliphatic rings.